The van der Waals surface area contributed by atoms with Gasteiger partial charge in [-0.15, -0.1) is 4.59 Å². The van der Waals surface area contributed by atoms with E-state index in [4.69, 9.17) is 10.8 Å². The number of hydrogen-bond acceptors (Lipinski definition) is 3. The van der Waals surface area contributed by atoms with Crippen LogP contribution in [0, 0.1) is 0 Å². The minimum Gasteiger partial charge on any atom is -0.253 e. The van der Waals surface area contributed by atoms with Crippen molar-refractivity contribution in [2.24, 2.45) is 15.8 Å². The minimum absolute atomic E-state index is 0.0612. The molecule has 2 N–H and O–H groups in total. The maximum absolute atomic E-state index is 6.59. The summed E-state index contributed by atoms with van der Waals surface area (Å²) in [4.78, 5) is 9.00. The Morgan fingerprint density at radius 3 is 2.57 bits per heavy atom. The third kappa shape index (κ3) is 1.82. The Labute approximate surface area is 130 Å². The highest BCUT2D eigenvalue weighted by Crippen LogP contribution is 2.36. The first-order chi connectivity index (χ1) is 10.2. The van der Waals surface area contributed by atoms with Gasteiger partial charge < -0.3 is 0 Å². The summed E-state index contributed by atoms with van der Waals surface area (Å²) in [6.45, 7) is 0. The molecule has 3 aliphatic rings. The topological polar surface area (TPSA) is 50.7 Å². The van der Waals surface area contributed by atoms with Crippen molar-refractivity contribution in [2.75, 3.05) is 0 Å². The van der Waals surface area contributed by atoms with E-state index in [1.54, 1.807) is 12.4 Å². The fourth-order valence-electron chi connectivity index (χ4n) is 2.54. The lowest BCUT2D eigenvalue weighted by Gasteiger charge is -2.26. The van der Waals surface area contributed by atoms with Crippen LogP contribution in [0.3, 0.4) is 0 Å². The average molecular weight is 340 g/mol. The Kier molecular flexibility index (Phi) is 2.68. The number of hydrogen-bond donors (Lipinski definition) is 1. The van der Waals surface area contributed by atoms with E-state index in [2.05, 4.69) is 20.9 Å². The van der Waals surface area contributed by atoms with Crippen LogP contribution in [0.2, 0.25) is 0 Å². The SMILES string of the molecule is N[N+]12C=CN=CC1=C(C1=CC=C1)N=C2c1ccc(Br)cc1. The normalized spacial score (nSPS) is 25.6. The number of rotatable bonds is 2. The summed E-state index contributed by atoms with van der Waals surface area (Å²) in [6, 6.07) is 8.01. The Morgan fingerprint density at radius 1 is 1.14 bits per heavy atom. The third-order valence-corrected chi connectivity index (χ3v) is 4.25. The summed E-state index contributed by atoms with van der Waals surface area (Å²) in [7, 11) is 0. The number of aliphatic imine (C=N–C) groups is 2. The van der Waals surface area contributed by atoms with Crippen molar-refractivity contribution < 1.29 is 4.59 Å². The van der Waals surface area contributed by atoms with Gasteiger partial charge in [0, 0.05) is 10.0 Å². The molecule has 2 aliphatic heterocycles. The number of halogens is 1. The van der Waals surface area contributed by atoms with Crippen LogP contribution < -0.4 is 5.84 Å². The van der Waals surface area contributed by atoms with Crippen molar-refractivity contribution in [3.63, 3.8) is 0 Å². The molecule has 102 valence electrons. The molecule has 2 heterocycles. The van der Waals surface area contributed by atoms with Crippen LogP contribution in [-0.4, -0.2) is 16.6 Å². The zero-order valence-corrected chi connectivity index (χ0v) is 12.7. The van der Waals surface area contributed by atoms with Crippen molar-refractivity contribution in [1.82, 2.24) is 0 Å². The standard InChI is InChI=1S/C16H12BrN4/c17-13-6-4-12(5-7-13)16-20-15(11-2-1-3-11)14-10-19-8-9-21(14,16)18/h1-10H,18H2/q+1. The predicted molar refractivity (Wildman–Crippen MR) is 87.0 cm³/mol. The predicted octanol–water partition coefficient (Wildman–Crippen LogP) is 3.16. The van der Waals surface area contributed by atoms with E-state index >= 15 is 0 Å². The van der Waals surface area contributed by atoms with Crippen LogP contribution >= 0.6 is 15.9 Å². The molecule has 0 amide bonds. The highest BCUT2D eigenvalue weighted by molar-refractivity contribution is 9.10. The largest absolute Gasteiger partial charge is 0.265 e. The fourth-order valence-corrected chi connectivity index (χ4v) is 2.80. The average Bonchev–Trinajstić information content (AvgIpc) is 2.72. The number of nitrogens with two attached hydrogens (primary N) is 1. The molecule has 1 aromatic carbocycles. The Morgan fingerprint density at radius 2 is 1.90 bits per heavy atom. The maximum Gasteiger partial charge on any atom is 0.265 e. The number of quaternary nitrogens is 1. The van der Waals surface area contributed by atoms with Gasteiger partial charge in [0.2, 0.25) is 5.70 Å². The summed E-state index contributed by atoms with van der Waals surface area (Å²) in [5.74, 6) is 7.40. The van der Waals surface area contributed by atoms with Crippen LogP contribution in [0.25, 0.3) is 0 Å². The quantitative estimate of drug-likeness (QED) is 0.653. The molecule has 0 saturated carbocycles. The lowest BCUT2D eigenvalue weighted by Crippen LogP contribution is -2.53. The number of nitrogens with zero attached hydrogens (tertiary/aromatic N) is 3. The molecule has 0 radical (unpaired) electrons. The van der Waals surface area contributed by atoms with Gasteiger partial charge in [-0.25, -0.2) is 0 Å². The van der Waals surface area contributed by atoms with Gasteiger partial charge in [-0.05, 0) is 24.3 Å². The summed E-state index contributed by atoms with van der Waals surface area (Å²) < 4.78 is 1.09. The molecule has 0 aromatic heterocycles. The van der Waals surface area contributed by atoms with E-state index in [1.807, 2.05) is 48.7 Å². The first-order valence-corrected chi connectivity index (χ1v) is 7.35. The molecule has 1 aliphatic carbocycles. The summed E-state index contributed by atoms with van der Waals surface area (Å²) in [6.07, 6.45) is 11.4. The molecular formula is C16H12BrN4+. The molecule has 1 aromatic rings. The van der Waals surface area contributed by atoms with Gasteiger partial charge in [-0.1, -0.05) is 34.2 Å². The fraction of sp³-hybridized carbons (Fsp3) is 0. The zero-order chi connectivity index (χ0) is 14.4. The molecule has 21 heavy (non-hydrogen) atoms. The lowest BCUT2D eigenvalue weighted by molar-refractivity contribution is -0.750. The molecule has 0 spiro atoms. The smallest absolute Gasteiger partial charge is 0.253 e. The van der Waals surface area contributed by atoms with E-state index in [0.717, 1.165) is 32.8 Å². The second-order valence-electron chi connectivity index (χ2n) is 5.01. The van der Waals surface area contributed by atoms with Crippen molar-refractivity contribution >= 4 is 28.0 Å². The molecule has 4 nitrogen and oxygen atoms in total. The molecular weight excluding hydrogens is 328 g/mol. The first kappa shape index (κ1) is 12.6. The molecule has 0 bridgehead atoms. The van der Waals surface area contributed by atoms with Crippen LogP contribution in [-0.2, 0) is 0 Å². The summed E-state index contributed by atoms with van der Waals surface area (Å²) in [5, 5.41) is 0. The van der Waals surface area contributed by atoms with E-state index in [1.165, 1.54) is 0 Å². The van der Waals surface area contributed by atoms with Gasteiger partial charge in [0.15, 0.2) is 0 Å². The number of fused-ring (bicyclic) bond motifs is 1. The van der Waals surface area contributed by atoms with Crippen LogP contribution in [0.5, 0.6) is 0 Å². The van der Waals surface area contributed by atoms with Gasteiger partial charge in [0.1, 0.15) is 11.9 Å². The Balaban J connectivity index is 1.87. The van der Waals surface area contributed by atoms with Gasteiger partial charge >= 0.3 is 0 Å². The van der Waals surface area contributed by atoms with Gasteiger partial charge in [-0.3, -0.25) is 4.99 Å². The second kappa shape index (κ2) is 4.46. The summed E-state index contributed by atoms with van der Waals surface area (Å²) in [5.41, 5.74) is 3.88. The van der Waals surface area contributed by atoms with Crippen molar-refractivity contribution in [2.45, 2.75) is 0 Å². The Bertz CT molecular complexity index is 809. The van der Waals surface area contributed by atoms with Crippen molar-refractivity contribution in [1.29, 1.82) is 0 Å². The minimum atomic E-state index is 0.0612. The molecule has 5 heteroatoms. The zero-order valence-electron chi connectivity index (χ0n) is 11.1. The number of benzene rings is 1. The Hall–Kier alpha value is -2.08. The highest BCUT2D eigenvalue weighted by atomic mass is 79.9. The molecule has 4 rings (SSSR count). The van der Waals surface area contributed by atoms with Crippen LogP contribution in [0.15, 0.2) is 86.3 Å². The number of allylic oxidation sites excluding steroid dienone is 4. The molecule has 1 unspecified atom stereocenters. The van der Waals surface area contributed by atoms with E-state index < -0.39 is 0 Å². The molecule has 0 saturated heterocycles. The van der Waals surface area contributed by atoms with Crippen LogP contribution in [0.4, 0.5) is 0 Å². The lowest BCUT2D eigenvalue weighted by atomic mass is 10.0. The van der Waals surface area contributed by atoms with Gasteiger partial charge in [-0.2, -0.15) is 10.8 Å². The second-order valence-corrected chi connectivity index (χ2v) is 5.93. The van der Waals surface area contributed by atoms with Crippen molar-refractivity contribution in [3.05, 3.63) is 81.9 Å². The molecule has 1 atom stereocenters. The number of amidine groups is 1. The monoisotopic (exact) mass is 339 g/mol. The van der Waals surface area contributed by atoms with Gasteiger partial charge in [0.05, 0.1) is 18.0 Å². The third-order valence-electron chi connectivity index (χ3n) is 3.72. The maximum atomic E-state index is 6.59. The van der Waals surface area contributed by atoms with E-state index in [9.17, 15) is 0 Å². The van der Waals surface area contributed by atoms with Gasteiger partial charge in [0.25, 0.3) is 5.84 Å². The van der Waals surface area contributed by atoms with E-state index in [-0.39, 0.29) is 4.59 Å². The van der Waals surface area contributed by atoms with E-state index in [0.29, 0.717) is 0 Å². The van der Waals surface area contributed by atoms with Crippen LogP contribution in [0.1, 0.15) is 5.56 Å². The summed E-state index contributed by atoms with van der Waals surface area (Å²) >= 11 is 3.45. The molecule has 0 fully saturated rings. The van der Waals surface area contributed by atoms with Crippen molar-refractivity contribution in [3.8, 4) is 0 Å². The highest BCUT2D eigenvalue weighted by Gasteiger charge is 2.44. The first-order valence-electron chi connectivity index (χ1n) is 6.55.